The molecule has 0 saturated heterocycles. The fourth-order valence-corrected chi connectivity index (χ4v) is 1.65. The lowest BCUT2D eigenvalue weighted by molar-refractivity contribution is 0.746. The third-order valence-corrected chi connectivity index (χ3v) is 2.62. The SMILES string of the molecule is CC(C)CSCCC(N)C#N. The second kappa shape index (κ2) is 6.51. The molecule has 0 aliphatic carbocycles. The van der Waals surface area contributed by atoms with Crippen LogP contribution >= 0.6 is 11.8 Å². The Hall–Kier alpha value is -0.200. The van der Waals surface area contributed by atoms with Crippen LogP contribution < -0.4 is 5.73 Å². The molecule has 1 unspecified atom stereocenters. The van der Waals surface area contributed by atoms with Crippen molar-refractivity contribution in [2.24, 2.45) is 11.7 Å². The molecule has 0 radical (unpaired) electrons. The van der Waals surface area contributed by atoms with Gasteiger partial charge in [0, 0.05) is 0 Å². The van der Waals surface area contributed by atoms with Crippen LogP contribution in [0.1, 0.15) is 20.3 Å². The Bertz CT molecular complexity index is 129. The molecule has 0 bridgehead atoms. The molecule has 1 atom stereocenters. The van der Waals surface area contributed by atoms with Crippen LogP contribution in [0.4, 0.5) is 0 Å². The van der Waals surface area contributed by atoms with Crippen molar-refractivity contribution < 1.29 is 0 Å². The average Bonchev–Trinajstić information content (AvgIpc) is 1.97. The summed E-state index contributed by atoms with van der Waals surface area (Å²) >= 11 is 1.87. The molecule has 64 valence electrons. The van der Waals surface area contributed by atoms with Crippen LogP contribution in [0.15, 0.2) is 0 Å². The van der Waals surface area contributed by atoms with Crippen LogP contribution in [0.2, 0.25) is 0 Å². The van der Waals surface area contributed by atoms with E-state index in [1.54, 1.807) is 0 Å². The maximum absolute atomic E-state index is 8.36. The van der Waals surface area contributed by atoms with Crippen LogP contribution in [0.25, 0.3) is 0 Å². The molecule has 0 aromatic rings. The van der Waals surface area contributed by atoms with Crippen LogP contribution in [0, 0.1) is 17.2 Å². The average molecular weight is 172 g/mol. The van der Waals surface area contributed by atoms with Crippen molar-refractivity contribution in [3.63, 3.8) is 0 Å². The molecule has 0 rings (SSSR count). The molecule has 0 spiro atoms. The van der Waals surface area contributed by atoms with Gasteiger partial charge in [-0.3, -0.25) is 0 Å². The molecule has 2 nitrogen and oxygen atoms in total. The second-order valence-corrected chi connectivity index (χ2v) is 4.14. The van der Waals surface area contributed by atoms with Crippen molar-refractivity contribution in [3.8, 4) is 6.07 Å². The van der Waals surface area contributed by atoms with E-state index >= 15 is 0 Å². The molecule has 0 aliphatic rings. The smallest absolute Gasteiger partial charge is 0.0935 e. The number of rotatable bonds is 5. The summed E-state index contributed by atoms with van der Waals surface area (Å²) in [4.78, 5) is 0. The summed E-state index contributed by atoms with van der Waals surface area (Å²) in [6.45, 7) is 4.38. The zero-order valence-corrected chi connectivity index (χ0v) is 8.03. The summed E-state index contributed by atoms with van der Waals surface area (Å²) in [7, 11) is 0. The number of hydrogen-bond donors (Lipinski definition) is 1. The van der Waals surface area contributed by atoms with Gasteiger partial charge in [0.05, 0.1) is 12.1 Å². The number of thioether (sulfide) groups is 1. The maximum Gasteiger partial charge on any atom is 0.0935 e. The molecule has 2 N–H and O–H groups in total. The van der Waals surface area contributed by atoms with Gasteiger partial charge >= 0.3 is 0 Å². The minimum atomic E-state index is -0.269. The van der Waals surface area contributed by atoms with Crippen molar-refractivity contribution in [1.82, 2.24) is 0 Å². The number of nitriles is 1. The summed E-state index contributed by atoms with van der Waals surface area (Å²) in [5, 5.41) is 8.36. The molecular weight excluding hydrogens is 156 g/mol. The fourth-order valence-electron chi connectivity index (χ4n) is 0.594. The minimum Gasteiger partial charge on any atom is -0.316 e. The van der Waals surface area contributed by atoms with Gasteiger partial charge in [-0.25, -0.2) is 0 Å². The molecule has 0 heterocycles. The van der Waals surface area contributed by atoms with Crippen molar-refractivity contribution in [2.75, 3.05) is 11.5 Å². The first-order valence-corrected chi connectivity index (χ1v) is 5.05. The molecule has 11 heavy (non-hydrogen) atoms. The van der Waals surface area contributed by atoms with Gasteiger partial charge in [-0.05, 0) is 23.8 Å². The van der Waals surface area contributed by atoms with E-state index in [1.165, 1.54) is 0 Å². The van der Waals surface area contributed by atoms with E-state index in [2.05, 4.69) is 13.8 Å². The zero-order chi connectivity index (χ0) is 8.69. The number of hydrogen-bond acceptors (Lipinski definition) is 3. The van der Waals surface area contributed by atoms with Crippen molar-refractivity contribution >= 4 is 11.8 Å². The van der Waals surface area contributed by atoms with Gasteiger partial charge in [0.25, 0.3) is 0 Å². The van der Waals surface area contributed by atoms with Crippen LogP contribution in [0.5, 0.6) is 0 Å². The first-order valence-electron chi connectivity index (χ1n) is 3.89. The molecule has 0 saturated carbocycles. The molecule has 0 fully saturated rings. The van der Waals surface area contributed by atoms with Gasteiger partial charge in [0.15, 0.2) is 0 Å². The quantitative estimate of drug-likeness (QED) is 0.641. The third-order valence-electron chi connectivity index (χ3n) is 1.19. The molecule has 0 aromatic heterocycles. The van der Waals surface area contributed by atoms with E-state index in [9.17, 15) is 0 Å². The Labute approximate surface area is 73.1 Å². The Morgan fingerprint density at radius 2 is 2.18 bits per heavy atom. The Morgan fingerprint density at radius 3 is 2.64 bits per heavy atom. The van der Waals surface area contributed by atoms with Crippen molar-refractivity contribution in [1.29, 1.82) is 5.26 Å². The lowest BCUT2D eigenvalue weighted by Crippen LogP contribution is -2.17. The van der Waals surface area contributed by atoms with Crippen molar-refractivity contribution in [3.05, 3.63) is 0 Å². The lowest BCUT2D eigenvalue weighted by atomic mass is 10.3. The van der Waals surface area contributed by atoms with Gasteiger partial charge in [0.2, 0.25) is 0 Å². The van der Waals surface area contributed by atoms with Crippen molar-refractivity contribution in [2.45, 2.75) is 26.3 Å². The summed E-state index contributed by atoms with van der Waals surface area (Å²) in [6, 6.07) is 1.75. The zero-order valence-electron chi connectivity index (χ0n) is 7.21. The van der Waals surface area contributed by atoms with Crippen LogP contribution in [-0.2, 0) is 0 Å². The van der Waals surface area contributed by atoms with E-state index in [4.69, 9.17) is 11.0 Å². The predicted molar refractivity (Wildman–Crippen MR) is 50.4 cm³/mol. The second-order valence-electron chi connectivity index (χ2n) is 2.99. The number of nitrogens with zero attached hydrogens (tertiary/aromatic N) is 1. The van der Waals surface area contributed by atoms with E-state index in [0.717, 1.165) is 23.8 Å². The van der Waals surface area contributed by atoms with Gasteiger partial charge < -0.3 is 5.73 Å². The Kier molecular flexibility index (Phi) is 6.39. The van der Waals surface area contributed by atoms with Gasteiger partial charge in [-0.1, -0.05) is 13.8 Å². The van der Waals surface area contributed by atoms with E-state index in [1.807, 2.05) is 17.8 Å². The van der Waals surface area contributed by atoms with E-state index in [-0.39, 0.29) is 6.04 Å². The van der Waals surface area contributed by atoms with Gasteiger partial charge in [-0.15, -0.1) is 0 Å². The molecule has 0 aromatic carbocycles. The summed E-state index contributed by atoms with van der Waals surface area (Å²) in [5.41, 5.74) is 5.42. The summed E-state index contributed by atoms with van der Waals surface area (Å²) in [5.74, 6) is 2.91. The first kappa shape index (κ1) is 10.8. The Balaban J connectivity index is 3.10. The largest absolute Gasteiger partial charge is 0.316 e. The molecule has 0 amide bonds. The van der Waals surface area contributed by atoms with Crippen LogP contribution in [-0.4, -0.2) is 17.5 Å². The maximum atomic E-state index is 8.36. The predicted octanol–water partition coefficient (Wildman–Crippen LogP) is 1.62. The molecular formula is C8H16N2S. The summed E-state index contributed by atoms with van der Waals surface area (Å²) < 4.78 is 0. The monoisotopic (exact) mass is 172 g/mol. The molecule has 0 aliphatic heterocycles. The first-order chi connectivity index (χ1) is 5.16. The highest BCUT2D eigenvalue weighted by atomic mass is 32.2. The van der Waals surface area contributed by atoms with E-state index in [0.29, 0.717) is 0 Å². The number of nitrogens with two attached hydrogens (primary N) is 1. The Morgan fingerprint density at radius 1 is 1.55 bits per heavy atom. The standard InChI is InChI=1S/C8H16N2S/c1-7(2)6-11-4-3-8(10)5-9/h7-8H,3-4,6,10H2,1-2H3. The van der Waals surface area contributed by atoms with Gasteiger partial charge in [0.1, 0.15) is 0 Å². The highest BCUT2D eigenvalue weighted by molar-refractivity contribution is 7.99. The lowest BCUT2D eigenvalue weighted by Gasteiger charge is -2.04. The fraction of sp³-hybridized carbons (Fsp3) is 0.875. The van der Waals surface area contributed by atoms with Gasteiger partial charge in [-0.2, -0.15) is 17.0 Å². The van der Waals surface area contributed by atoms with Crippen LogP contribution in [0.3, 0.4) is 0 Å². The summed E-state index contributed by atoms with van der Waals surface area (Å²) in [6.07, 6.45) is 0.813. The third kappa shape index (κ3) is 7.70. The highest BCUT2D eigenvalue weighted by Crippen LogP contribution is 2.08. The topological polar surface area (TPSA) is 49.8 Å². The highest BCUT2D eigenvalue weighted by Gasteiger charge is 1.99. The molecule has 3 heteroatoms. The van der Waals surface area contributed by atoms with E-state index < -0.39 is 0 Å². The normalized spacial score (nSPS) is 13.0. The minimum absolute atomic E-state index is 0.269.